The summed E-state index contributed by atoms with van der Waals surface area (Å²) in [6, 6.07) is 5.77. The van der Waals surface area contributed by atoms with Gasteiger partial charge in [-0.1, -0.05) is 18.9 Å². The molecule has 1 aliphatic rings. The SMILES string of the molecule is CCOc1ccc(CCNC(=O)C2CCCCC2C(=O)O)cc1OCC. The third kappa shape index (κ3) is 5.38. The van der Waals surface area contributed by atoms with E-state index in [1.165, 1.54) is 0 Å². The molecule has 1 saturated carbocycles. The first-order valence-corrected chi connectivity index (χ1v) is 9.45. The van der Waals surface area contributed by atoms with Gasteiger partial charge in [0, 0.05) is 6.54 Å². The first-order valence-electron chi connectivity index (χ1n) is 9.45. The number of carbonyl (C=O) groups excluding carboxylic acids is 1. The number of carbonyl (C=O) groups is 2. The summed E-state index contributed by atoms with van der Waals surface area (Å²) in [6.45, 7) is 5.45. The molecule has 0 heterocycles. The van der Waals surface area contributed by atoms with Gasteiger partial charge in [0.1, 0.15) is 0 Å². The molecule has 2 atom stereocenters. The van der Waals surface area contributed by atoms with Crippen molar-refractivity contribution in [2.45, 2.75) is 46.0 Å². The molecule has 1 aromatic carbocycles. The number of ether oxygens (including phenoxy) is 2. The number of carboxylic acids is 1. The van der Waals surface area contributed by atoms with Gasteiger partial charge in [0.15, 0.2) is 11.5 Å². The largest absolute Gasteiger partial charge is 0.490 e. The topological polar surface area (TPSA) is 84.9 Å². The van der Waals surface area contributed by atoms with Crippen LogP contribution in [-0.2, 0) is 16.0 Å². The van der Waals surface area contributed by atoms with Crippen molar-refractivity contribution in [3.05, 3.63) is 23.8 Å². The van der Waals surface area contributed by atoms with Crippen LogP contribution in [0.15, 0.2) is 18.2 Å². The molecule has 2 unspecified atom stereocenters. The third-order valence-corrected chi connectivity index (χ3v) is 4.74. The number of aliphatic carboxylic acids is 1. The molecule has 6 nitrogen and oxygen atoms in total. The lowest BCUT2D eigenvalue weighted by atomic mass is 9.78. The molecule has 0 bridgehead atoms. The van der Waals surface area contributed by atoms with Crippen LogP contribution in [0.2, 0.25) is 0 Å². The molecule has 0 saturated heterocycles. The first kappa shape index (κ1) is 20.1. The zero-order valence-corrected chi connectivity index (χ0v) is 15.6. The van der Waals surface area contributed by atoms with E-state index in [-0.39, 0.29) is 5.91 Å². The fraction of sp³-hybridized carbons (Fsp3) is 0.600. The fourth-order valence-electron chi connectivity index (χ4n) is 3.45. The van der Waals surface area contributed by atoms with Crippen LogP contribution in [0.3, 0.4) is 0 Å². The second kappa shape index (κ2) is 10.0. The van der Waals surface area contributed by atoms with Gasteiger partial charge in [0.05, 0.1) is 25.0 Å². The molecule has 6 heteroatoms. The molecule has 1 aromatic rings. The average Bonchev–Trinajstić information content (AvgIpc) is 2.64. The van der Waals surface area contributed by atoms with Gasteiger partial charge in [0.25, 0.3) is 0 Å². The van der Waals surface area contributed by atoms with Crippen LogP contribution in [0.4, 0.5) is 0 Å². The highest BCUT2D eigenvalue weighted by molar-refractivity contribution is 5.84. The molecule has 1 amide bonds. The number of carboxylic acid groups (broad SMARTS) is 1. The zero-order chi connectivity index (χ0) is 18.9. The summed E-state index contributed by atoms with van der Waals surface area (Å²) >= 11 is 0. The molecule has 2 N–H and O–H groups in total. The minimum atomic E-state index is -0.863. The summed E-state index contributed by atoms with van der Waals surface area (Å²) in [4.78, 5) is 23.7. The van der Waals surface area contributed by atoms with Crippen molar-refractivity contribution >= 4 is 11.9 Å². The molecule has 0 aromatic heterocycles. The Morgan fingerprint density at radius 1 is 1.08 bits per heavy atom. The van der Waals surface area contributed by atoms with Gasteiger partial charge >= 0.3 is 5.97 Å². The highest BCUT2D eigenvalue weighted by Gasteiger charge is 2.35. The minimum Gasteiger partial charge on any atom is -0.490 e. The average molecular weight is 363 g/mol. The quantitative estimate of drug-likeness (QED) is 0.704. The normalized spacial score (nSPS) is 19.6. The summed E-state index contributed by atoms with van der Waals surface area (Å²) in [6.07, 6.45) is 3.69. The predicted molar refractivity (Wildman–Crippen MR) is 98.6 cm³/mol. The van der Waals surface area contributed by atoms with E-state index >= 15 is 0 Å². The van der Waals surface area contributed by atoms with Crippen molar-refractivity contribution < 1.29 is 24.2 Å². The maximum absolute atomic E-state index is 12.4. The Morgan fingerprint density at radius 3 is 2.38 bits per heavy atom. The third-order valence-electron chi connectivity index (χ3n) is 4.74. The number of hydrogen-bond donors (Lipinski definition) is 2. The molecule has 144 valence electrons. The highest BCUT2D eigenvalue weighted by atomic mass is 16.5. The zero-order valence-electron chi connectivity index (χ0n) is 15.6. The van der Waals surface area contributed by atoms with Crippen LogP contribution in [0.1, 0.15) is 45.1 Å². The Kier molecular flexibility index (Phi) is 7.75. The van der Waals surface area contributed by atoms with E-state index in [9.17, 15) is 14.7 Å². The summed E-state index contributed by atoms with van der Waals surface area (Å²) in [5.74, 6) is -0.560. The molecule has 1 fully saturated rings. The van der Waals surface area contributed by atoms with E-state index in [4.69, 9.17) is 9.47 Å². The molecular formula is C20H29NO5. The van der Waals surface area contributed by atoms with E-state index in [1.807, 2.05) is 32.0 Å². The first-order chi connectivity index (χ1) is 12.6. The molecule has 26 heavy (non-hydrogen) atoms. The molecular weight excluding hydrogens is 334 g/mol. The molecule has 2 rings (SSSR count). The summed E-state index contributed by atoms with van der Waals surface area (Å²) < 4.78 is 11.2. The van der Waals surface area contributed by atoms with E-state index in [0.717, 1.165) is 18.4 Å². The Bertz CT molecular complexity index is 616. The van der Waals surface area contributed by atoms with Gasteiger partial charge in [0.2, 0.25) is 5.91 Å². The second-order valence-electron chi connectivity index (χ2n) is 6.52. The van der Waals surface area contributed by atoms with E-state index in [2.05, 4.69) is 5.32 Å². The number of nitrogens with one attached hydrogen (secondary N) is 1. The van der Waals surface area contributed by atoms with Crippen LogP contribution in [0.25, 0.3) is 0 Å². The van der Waals surface area contributed by atoms with Gasteiger partial charge in [-0.2, -0.15) is 0 Å². The number of benzene rings is 1. The molecule has 1 aliphatic carbocycles. The van der Waals surface area contributed by atoms with Crippen molar-refractivity contribution in [3.63, 3.8) is 0 Å². The van der Waals surface area contributed by atoms with Crippen molar-refractivity contribution in [3.8, 4) is 11.5 Å². The Balaban J connectivity index is 1.91. The van der Waals surface area contributed by atoms with E-state index < -0.39 is 17.8 Å². The Hall–Kier alpha value is -2.24. The van der Waals surface area contributed by atoms with Gasteiger partial charge in [-0.3, -0.25) is 9.59 Å². The van der Waals surface area contributed by atoms with Crippen molar-refractivity contribution in [2.24, 2.45) is 11.8 Å². The molecule has 0 aliphatic heterocycles. The lowest BCUT2D eigenvalue weighted by Crippen LogP contribution is -2.40. The van der Waals surface area contributed by atoms with Crippen molar-refractivity contribution in [2.75, 3.05) is 19.8 Å². The van der Waals surface area contributed by atoms with Crippen LogP contribution in [-0.4, -0.2) is 36.7 Å². The molecule has 0 radical (unpaired) electrons. The predicted octanol–water partition coefficient (Wildman–Crippen LogP) is 3.03. The second-order valence-corrected chi connectivity index (χ2v) is 6.52. The summed E-state index contributed by atoms with van der Waals surface area (Å²) in [5, 5.41) is 12.2. The highest BCUT2D eigenvalue weighted by Crippen LogP contribution is 2.31. The van der Waals surface area contributed by atoms with Crippen LogP contribution in [0.5, 0.6) is 11.5 Å². The maximum atomic E-state index is 12.4. The van der Waals surface area contributed by atoms with Crippen LogP contribution >= 0.6 is 0 Å². The monoisotopic (exact) mass is 363 g/mol. The van der Waals surface area contributed by atoms with E-state index in [0.29, 0.717) is 50.5 Å². The number of hydrogen-bond acceptors (Lipinski definition) is 4. The minimum absolute atomic E-state index is 0.145. The maximum Gasteiger partial charge on any atom is 0.307 e. The Morgan fingerprint density at radius 2 is 1.73 bits per heavy atom. The van der Waals surface area contributed by atoms with Crippen LogP contribution < -0.4 is 14.8 Å². The van der Waals surface area contributed by atoms with Gasteiger partial charge < -0.3 is 19.9 Å². The summed E-state index contributed by atoms with van der Waals surface area (Å²) in [5.41, 5.74) is 1.04. The Labute approximate surface area is 154 Å². The van der Waals surface area contributed by atoms with Gasteiger partial charge in [-0.25, -0.2) is 0 Å². The number of rotatable bonds is 9. The van der Waals surface area contributed by atoms with Crippen molar-refractivity contribution in [1.29, 1.82) is 0 Å². The van der Waals surface area contributed by atoms with Crippen molar-refractivity contribution in [1.82, 2.24) is 5.32 Å². The van der Waals surface area contributed by atoms with Crippen LogP contribution in [0, 0.1) is 11.8 Å². The standard InChI is InChI=1S/C20H29NO5/c1-3-25-17-10-9-14(13-18(17)26-4-2)11-12-21-19(22)15-7-5-6-8-16(15)20(23)24/h9-10,13,15-16H,3-8,11-12H2,1-2H3,(H,21,22)(H,23,24). The molecule has 0 spiro atoms. The van der Waals surface area contributed by atoms with Gasteiger partial charge in [-0.15, -0.1) is 0 Å². The fourth-order valence-corrected chi connectivity index (χ4v) is 3.45. The van der Waals surface area contributed by atoms with E-state index in [1.54, 1.807) is 0 Å². The lowest BCUT2D eigenvalue weighted by molar-refractivity contribution is -0.148. The number of amides is 1. The van der Waals surface area contributed by atoms with Gasteiger partial charge in [-0.05, 0) is 50.8 Å². The summed E-state index contributed by atoms with van der Waals surface area (Å²) in [7, 11) is 0. The lowest BCUT2D eigenvalue weighted by Gasteiger charge is -2.27. The smallest absolute Gasteiger partial charge is 0.307 e.